The Balaban J connectivity index is 5.21. The molecule has 5 unspecified atom stereocenters. The number of amides is 3. The normalized spacial score (nSPS) is 15.6. The number of nitrogens with two attached hydrogens (primary N) is 3. The third-order valence-corrected chi connectivity index (χ3v) is 3.95. The molecule has 0 radical (unpaired) electrons. The summed E-state index contributed by atoms with van der Waals surface area (Å²) in [6.45, 7) is 1.85. The second kappa shape index (κ2) is 13.3. The topological polar surface area (TPSA) is 255 Å². The maximum Gasteiger partial charge on any atom is 0.325 e. The summed E-state index contributed by atoms with van der Waals surface area (Å²) in [4.78, 5) is 51.3. The van der Waals surface area contributed by atoms with Gasteiger partial charge in [0.1, 0.15) is 24.2 Å². The van der Waals surface area contributed by atoms with E-state index in [1.54, 1.807) is 0 Å². The number of carbonyl (C=O) groups excluding carboxylic acids is 3. The van der Waals surface area contributed by atoms with Crippen molar-refractivity contribution in [3.05, 3.63) is 0 Å². The van der Waals surface area contributed by atoms with Crippen LogP contribution in [0, 0.1) is 0 Å². The summed E-state index contributed by atoms with van der Waals surface area (Å²) < 4.78 is 0. The maximum absolute atomic E-state index is 12.6. The lowest BCUT2D eigenvalue weighted by Gasteiger charge is -2.24. The number of aliphatic carboxylic acids is 1. The lowest BCUT2D eigenvalue weighted by molar-refractivity contribution is -0.142. The van der Waals surface area contributed by atoms with Crippen molar-refractivity contribution in [2.75, 3.05) is 13.2 Å². The average molecular weight is 433 g/mol. The standard InChI is InChI=1S/C16H31N7O7/c1-7(15(29)30)21-13(27)10(6-24)23-12(26)9(4-3-5-20-16(18)19)22-14(28)11(17)8(2)25/h7-11,24-25H,3-6,17H2,1-2H3,(H,21,27)(H,22,28)(H,23,26)(H,29,30)(H4,18,19,20). The second-order valence-corrected chi connectivity index (χ2v) is 6.59. The van der Waals surface area contributed by atoms with Crippen LogP contribution in [0.2, 0.25) is 0 Å². The largest absolute Gasteiger partial charge is 0.480 e. The highest BCUT2D eigenvalue weighted by molar-refractivity contribution is 5.94. The van der Waals surface area contributed by atoms with Crippen LogP contribution in [0.4, 0.5) is 0 Å². The molecule has 12 N–H and O–H groups in total. The van der Waals surface area contributed by atoms with Gasteiger partial charge in [-0.2, -0.15) is 0 Å². The minimum atomic E-state index is -1.46. The van der Waals surface area contributed by atoms with E-state index in [0.29, 0.717) is 0 Å². The molecule has 14 nitrogen and oxygen atoms in total. The van der Waals surface area contributed by atoms with Gasteiger partial charge in [0.05, 0.1) is 12.7 Å². The molecule has 0 spiro atoms. The Kier molecular flexibility index (Phi) is 12.0. The molecule has 0 saturated carbocycles. The van der Waals surface area contributed by atoms with Crippen LogP contribution in [0.1, 0.15) is 26.7 Å². The Morgan fingerprint density at radius 1 is 0.967 bits per heavy atom. The summed E-state index contributed by atoms with van der Waals surface area (Å²) in [6.07, 6.45) is -0.859. The highest BCUT2D eigenvalue weighted by Gasteiger charge is 2.29. The van der Waals surface area contributed by atoms with Gasteiger partial charge < -0.3 is 48.5 Å². The third kappa shape index (κ3) is 9.99. The lowest BCUT2D eigenvalue weighted by atomic mass is 10.1. The van der Waals surface area contributed by atoms with Gasteiger partial charge in [0.2, 0.25) is 17.7 Å². The number of rotatable bonds is 13. The number of carboxylic acids is 1. The summed E-state index contributed by atoms with van der Waals surface area (Å²) >= 11 is 0. The molecule has 0 aliphatic carbocycles. The molecule has 0 saturated heterocycles. The van der Waals surface area contributed by atoms with Crippen molar-refractivity contribution >= 4 is 29.7 Å². The van der Waals surface area contributed by atoms with Gasteiger partial charge in [-0.15, -0.1) is 0 Å². The summed E-state index contributed by atoms with van der Waals surface area (Å²) in [6, 6.07) is -5.19. The van der Waals surface area contributed by atoms with Crippen LogP contribution < -0.4 is 33.2 Å². The molecule has 172 valence electrons. The molecule has 0 aromatic heterocycles. The number of carboxylic acid groups (broad SMARTS) is 1. The van der Waals surface area contributed by atoms with Gasteiger partial charge >= 0.3 is 5.97 Å². The number of hydrogen-bond donors (Lipinski definition) is 9. The van der Waals surface area contributed by atoms with Crippen molar-refractivity contribution in [1.82, 2.24) is 16.0 Å². The maximum atomic E-state index is 12.6. The lowest BCUT2D eigenvalue weighted by Crippen LogP contribution is -2.58. The Labute approximate surface area is 173 Å². The van der Waals surface area contributed by atoms with Gasteiger partial charge in [-0.1, -0.05) is 0 Å². The second-order valence-electron chi connectivity index (χ2n) is 6.59. The molecule has 0 bridgehead atoms. The van der Waals surface area contributed by atoms with Crippen molar-refractivity contribution in [3.8, 4) is 0 Å². The molecule has 0 rings (SSSR count). The summed E-state index contributed by atoms with van der Waals surface area (Å²) in [5.74, 6) is -4.02. The van der Waals surface area contributed by atoms with E-state index in [4.69, 9.17) is 22.3 Å². The molecule has 3 amide bonds. The Bertz CT molecular complexity index is 637. The number of carbonyl (C=O) groups is 4. The molecule has 0 aromatic rings. The van der Waals surface area contributed by atoms with Crippen molar-refractivity contribution in [2.45, 2.75) is 57.0 Å². The molecular formula is C16H31N7O7. The van der Waals surface area contributed by atoms with Crippen LogP contribution in [-0.4, -0.2) is 88.4 Å². The van der Waals surface area contributed by atoms with E-state index in [1.165, 1.54) is 13.8 Å². The van der Waals surface area contributed by atoms with Crippen LogP contribution in [0.25, 0.3) is 0 Å². The number of hydrogen-bond acceptors (Lipinski definition) is 8. The van der Waals surface area contributed by atoms with Crippen molar-refractivity contribution in [2.24, 2.45) is 22.2 Å². The number of aliphatic imine (C=N–C) groups is 1. The molecule has 0 aliphatic rings. The van der Waals surface area contributed by atoms with E-state index < -0.39 is 60.6 Å². The van der Waals surface area contributed by atoms with Crippen molar-refractivity contribution < 1.29 is 34.5 Å². The van der Waals surface area contributed by atoms with Gasteiger partial charge in [0.15, 0.2) is 5.96 Å². The zero-order valence-corrected chi connectivity index (χ0v) is 16.9. The summed E-state index contributed by atoms with van der Waals surface area (Å²) in [5, 5.41) is 34.4. The monoisotopic (exact) mass is 433 g/mol. The van der Waals surface area contributed by atoms with E-state index in [0.717, 1.165) is 0 Å². The molecule has 0 fully saturated rings. The first-order valence-electron chi connectivity index (χ1n) is 9.14. The van der Waals surface area contributed by atoms with Gasteiger partial charge in [-0.25, -0.2) is 0 Å². The van der Waals surface area contributed by atoms with Gasteiger partial charge in [-0.05, 0) is 26.7 Å². The van der Waals surface area contributed by atoms with Crippen LogP contribution in [-0.2, 0) is 19.2 Å². The first kappa shape index (κ1) is 27.0. The number of aliphatic hydroxyl groups is 2. The molecule has 30 heavy (non-hydrogen) atoms. The van der Waals surface area contributed by atoms with Gasteiger partial charge in [0, 0.05) is 6.54 Å². The molecule has 0 aliphatic heterocycles. The SMILES string of the molecule is CC(NC(=O)C(CO)NC(=O)C(CCCN=C(N)N)NC(=O)C(N)C(C)O)C(=O)O. The third-order valence-electron chi connectivity index (χ3n) is 3.95. The Morgan fingerprint density at radius 3 is 1.97 bits per heavy atom. The first-order chi connectivity index (χ1) is 13.9. The predicted molar refractivity (Wildman–Crippen MR) is 106 cm³/mol. The van der Waals surface area contributed by atoms with Crippen LogP contribution in [0.15, 0.2) is 4.99 Å². The fraction of sp³-hybridized carbons (Fsp3) is 0.688. The van der Waals surface area contributed by atoms with E-state index in [9.17, 15) is 29.4 Å². The fourth-order valence-electron chi connectivity index (χ4n) is 2.10. The zero-order valence-electron chi connectivity index (χ0n) is 16.9. The van der Waals surface area contributed by atoms with Crippen LogP contribution >= 0.6 is 0 Å². The Morgan fingerprint density at radius 2 is 1.50 bits per heavy atom. The summed E-state index contributed by atoms with van der Waals surface area (Å²) in [5.41, 5.74) is 16.0. The minimum absolute atomic E-state index is 0.0478. The van der Waals surface area contributed by atoms with E-state index in [2.05, 4.69) is 20.9 Å². The van der Waals surface area contributed by atoms with Gasteiger partial charge in [0.25, 0.3) is 0 Å². The predicted octanol–water partition coefficient (Wildman–Crippen LogP) is -4.70. The molecule has 0 aromatic carbocycles. The van der Waals surface area contributed by atoms with Crippen LogP contribution in [0.5, 0.6) is 0 Å². The van der Waals surface area contributed by atoms with E-state index in [-0.39, 0.29) is 25.3 Å². The Hall–Kier alpha value is -2.97. The van der Waals surface area contributed by atoms with Gasteiger partial charge in [-0.3, -0.25) is 24.2 Å². The fourth-order valence-corrected chi connectivity index (χ4v) is 2.10. The van der Waals surface area contributed by atoms with Crippen LogP contribution in [0.3, 0.4) is 0 Å². The molecule has 5 atom stereocenters. The highest BCUT2D eigenvalue weighted by Crippen LogP contribution is 2.02. The molecule has 0 heterocycles. The smallest absolute Gasteiger partial charge is 0.325 e. The minimum Gasteiger partial charge on any atom is -0.480 e. The van der Waals surface area contributed by atoms with Crippen molar-refractivity contribution in [3.63, 3.8) is 0 Å². The van der Waals surface area contributed by atoms with E-state index in [1.807, 2.05) is 0 Å². The van der Waals surface area contributed by atoms with E-state index >= 15 is 0 Å². The average Bonchev–Trinajstić information content (AvgIpc) is 2.66. The molecular weight excluding hydrogens is 402 g/mol. The number of aliphatic hydroxyl groups excluding tert-OH is 2. The number of guanidine groups is 1. The zero-order chi connectivity index (χ0) is 23.4. The molecule has 14 heteroatoms. The first-order valence-corrected chi connectivity index (χ1v) is 9.14. The van der Waals surface area contributed by atoms with Crippen molar-refractivity contribution in [1.29, 1.82) is 0 Å². The highest BCUT2D eigenvalue weighted by atomic mass is 16.4. The number of nitrogens with one attached hydrogen (secondary N) is 3. The quantitative estimate of drug-likeness (QED) is 0.0761. The summed E-state index contributed by atoms with van der Waals surface area (Å²) in [7, 11) is 0. The number of nitrogens with zero attached hydrogens (tertiary/aromatic N) is 1.